The average molecular weight is 1130 g/mol. The van der Waals surface area contributed by atoms with Crippen LogP contribution in [0.15, 0.2) is 96.4 Å². The summed E-state index contributed by atoms with van der Waals surface area (Å²) in [6.45, 7) is 4.02. The number of aryl methyl sites for hydroxylation is 2. The first kappa shape index (κ1) is 59.6. The number of carbonyl (C=O) groups excluding carboxylic acids is 2. The molecule has 4 aliphatic rings. The monoisotopic (exact) mass is 1130 g/mol. The van der Waals surface area contributed by atoms with Crippen LogP contribution in [0.3, 0.4) is 0 Å². The zero-order valence-electron chi connectivity index (χ0n) is 42.1. The third kappa shape index (κ3) is 15.5. The highest BCUT2D eigenvalue weighted by atomic mass is 32.5. The lowest BCUT2D eigenvalue weighted by Crippen LogP contribution is -2.53. The Morgan fingerprint density at radius 3 is 1.37 bits per heavy atom. The van der Waals surface area contributed by atoms with Gasteiger partial charge in [-0.15, -0.1) is 0 Å². The van der Waals surface area contributed by atoms with Crippen molar-refractivity contribution in [2.45, 2.75) is 63.0 Å². The minimum atomic E-state index is -4.58. The Bertz CT molecular complexity index is 2880. The van der Waals surface area contributed by atoms with E-state index >= 15 is 0 Å². The molecule has 4 aromatic rings. The highest BCUT2D eigenvalue weighted by Crippen LogP contribution is 2.54. The molecule has 2 saturated heterocycles. The molecule has 4 aliphatic heterocycles. The number of rotatable bonds is 12. The third-order valence-electron chi connectivity index (χ3n) is 12.8. The van der Waals surface area contributed by atoms with Gasteiger partial charge in [0.15, 0.2) is 6.61 Å². The van der Waals surface area contributed by atoms with Crippen LogP contribution in [0, 0.1) is 25.5 Å². The van der Waals surface area contributed by atoms with Crippen molar-refractivity contribution in [2.24, 2.45) is 0 Å². The molecule has 4 aromatic carbocycles. The van der Waals surface area contributed by atoms with Gasteiger partial charge in [0.1, 0.15) is 40.8 Å². The van der Waals surface area contributed by atoms with Crippen molar-refractivity contribution in [1.82, 2.24) is 20.8 Å². The van der Waals surface area contributed by atoms with Crippen LogP contribution >= 0.6 is 12.8 Å². The van der Waals surface area contributed by atoms with Crippen LogP contribution in [-0.4, -0.2) is 124 Å². The molecule has 0 radical (unpaired) electrons. The second-order valence-corrected chi connectivity index (χ2v) is 28.1. The van der Waals surface area contributed by atoms with E-state index in [9.17, 15) is 49.8 Å². The second-order valence-electron chi connectivity index (χ2n) is 18.7. The number of hydroxylamine groups is 4. The van der Waals surface area contributed by atoms with Gasteiger partial charge in [-0.1, -0.05) is 60.3 Å². The maximum atomic E-state index is 13.5. The van der Waals surface area contributed by atoms with Gasteiger partial charge in [0.2, 0.25) is 6.49 Å². The zero-order valence-corrected chi connectivity index (χ0v) is 45.5. The van der Waals surface area contributed by atoms with E-state index in [1.807, 2.05) is 49.2 Å². The summed E-state index contributed by atoms with van der Waals surface area (Å²) in [6.07, 6.45) is -9.02. The molecule has 3 N–H and O–H groups in total. The van der Waals surface area contributed by atoms with E-state index in [-0.39, 0.29) is 34.6 Å². The zero-order chi connectivity index (χ0) is 55.3. The number of benzene rings is 4. The first-order valence-electron chi connectivity index (χ1n) is 23.4. The van der Waals surface area contributed by atoms with Crippen LogP contribution in [0.4, 0.5) is 35.1 Å². The number of nitrogens with one attached hydrogen (secondary N) is 2. The Labute approximate surface area is 440 Å². The molecule has 4 heterocycles. The van der Waals surface area contributed by atoms with E-state index in [0.29, 0.717) is 68.6 Å². The maximum Gasteiger partial charge on any atom is 0.412 e. The number of hydrogen-bond donors (Lipinski definition) is 3. The molecule has 24 heteroatoms. The molecule has 1 unspecified atom stereocenters. The van der Waals surface area contributed by atoms with Crippen molar-refractivity contribution >= 4 is 59.3 Å². The second kappa shape index (κ2) is 24.0. The van der Waals surface area contributed by atoms with Gasteiger partial charge in [0.05, 0.1) is 31.6 Å². The summed E-state index contributed by atoms with van der Waals surface area (Å²) in [5.41, 5.74) is 4.91. The number of piperidine rings is 2. The van der Waals surface area contributed by atoms with E-state index in [2.05, 4.69) is 27.0 Å². The Kier molecular flexibility index (Phi) is 19.1. The van der Waals surface area contributed by atoms with Gasteiger partial charge in [-0.2, -0.15) is 36.5 Å². The lowest BCUT2D eigenvalue weighted by Gasteiger charge is -2.40. The minimum Gasteiger partial charge on any atom is -0.509 e. The smallest absolute Gasteiger partial charge is 0.412 e. The molecule has 2 amide bonds. The van der Waals surface area contributed by atoms with Gasteiger partial charge < -0.3 is 39.0 Å². The molecule has 75 heavy (non-hydrogen) atoms. The minimum absolute atomic E-state index is 0.104. The molecule has 12 nitrogen and oxygen atoms in total. The number of aliphatic hydroxyl groups excluding tert-OH is 1. The number of aliphatic hydroxyl groups is 1. The number of hydrogen-bond acceptors (Lipinski definition) is 12. The van der Waals surface area contributed by atoms with Crippen molar-refractivity contribution < 1.29 is 73.1 Å². The number of carbonyl (C=O) groups is 2. The third-order valence-corrected chi connectivity index (χ3v) is 15.5. The van der Waals surface area contributed by atoms with Crippen LogP contribution in [0.2, 0.25) is 0 Å². The molecule has 0 saturated carbocycles. The first-order chi connectivity index (χ1) is 35.0. The van der Waals surface area contributed by atoms with E-state index in [1.54, 1.807) is 49.6 Å². The molecule has 0 bridgehead atoms. The van der Waals surface area contributed by atoms with E-state index in [0.717, 1.165) is 33.4 Å². The molecular weight excluding hydrogens is 1070 g/mol. The Morgan fingerprint density at radius 2 is 0.973 bits per heavy atom. The first-order valence-corrected chi connectivity index (χ1v) is 30.1. The number of amides is 2. The molecule has 8 rings (SSSR count). The van der Waals surface area contributed by atoms with Gasteiger partial charge in [-0.05, 0) is 146 Å². The topological polar surface area (TPSA) is 131 Å². The fourth-order valence-corrected chi connectivity index (χ4v) is 10.9. The molecule has 408 valence electrons. The largest absolute Gasteiger partial charge is 0.509 e. The number of halogens is 8. The predicted molar refractivity (Wildman–Crippen MR) is 278 cm³/mol. The van der Waals surface area contributed by atoms with E-state index in [1.165, 1.54) is 44.3 Å². The van der Waals surface area contributed by atoms with Crippen LogP contribution in [0.25, 0.3) is 33.4 Å². The molecule has 0 aromatic heterocycles. The standard InChI is InChI=1S/C25H27F4N2O4PS.C22H23FN2O3.C4H8F3OPS/c1-16-4-5-18(17-6-8-19(26)9-7-17)14-20(16)21-22(35-36(3,37)34-15-25(27,28)29)24(30-23(21)32)10-12-31(33-2)13-11-24;1-14-3-4-16(15-5-7-17(23)8-6-15)13-18(14)19-20(26)22(24-21(19)27)9-11-25(28-2)12-10-22;1-9(2,10)8-3-4(5,6)7/h4-9,14H,10-13,15H2,1-3H3,(H,30,32);3-8,13,26H,9-12H2,1-2H3,(H,24,27);3H2,1-2H3. The van der Waals surface area contributed by atoms with Gasteiger partial charge in [-0.25, -0.2) is 8.78 Å². The van der Waals surface area contributed by atoms with Crippen LogP contribution in [-0.2, 0) is 56.4 Å². The lowest BCUT2D eigenvalue weighted by atomic mass is 9.85. The summed E-state index contributed by atoms with van der Waals surface area (Å²) in [6, 6.07) is 23.4. The Morgan fingerprint density at radius 1 is 0.600 bits per heavy atom. The molecule has 1 atom stereocenters. The van der Waals surface area contributed by atoms with Crippen molar-refractivity contribution in [3.05, 3.63) is 130 Å². The van der Waals surface area contributed by atoms with Crippen molar-refractivity contribution in [3.63, 3.8) is 0 Å². The summed E-state index contributed by atoms with van der Waals surface area (Å²) in [5.74, 6) is -1.04. The van der Waals surface area contributed by atoms with Crippen LogP contribution < -0.4 is 10.6 Å². The SMILES string of the molecule is CON1CCC2(CC1)NC(=O)C(c1cc(-c3ccc(F)cc3)ccc1C)=C2O.CON1CCC2(CC1)NC(=O)C(c1cc(-c3ccc(F)cc3)ccc1C)=C2OP(C)(=S)OCC(F)(F)F.CP(C)(=S)OCC(F)(F)F. The van der Waals surface area contributed by atoms with Gasteiger partial charge in [-0.3, -0.25) is 9.59 Å². The molecule has 2 spiro atoms. The van der Waals surface area contributed by atoms with Crippen LogP contribution in [0.1, 0.15) is 47.9 Å². The molecule has 2 fully saturated rings. The molecule has 0 aliphatic carbocycles. The van der Waals surface area contributed by atoms with Crippen molar-refractivity contribution in [2.75, 3.05) is 73.6 Å². The van der Waals surface area contributed by atoms with Crippen LogP contribution in [0.5, 0.6) is 0 Å². The van der Waals surface area contributed by atoms with Gasteiger partial charge in [0.25, 0.3) is 11.8 Å². The Hall–Kier alpha value is -4.60. The van der Waals surface area contributed by atoms with Gasteiger partial charge >= 0.3 is 12.4 Å². The number of nitrogens with zero attached hydrogens (tertiary/aromatic N) is 2. The quantitative estimate of drug-likeness (QED) is 0.0922. The predicted octanol–water partition coefficient (Wildman–Crippen LogP) is 11.4. The van der Waals surface area contributed by atoms with Crippen molar-refractivity contribution in [3.8, 4) is 22.3 Å². The fraction of sp³-hybridized carbons (Fsp3) is 0.412. The highest BCUT2D eigenvalue weighted by molar-refractivity contribution is 8.11. The van der Waals surface area contributed by atoms with Crippen molar-refractivity contribution in [1.29, 1.82) is 0 Å². The Balaban J connectivity index is 0.000000212. The lowest BCUT2D eigenvalue weighted by molar-refractivity contribution is -0.154. The summed E-state index contributed by atoms with van der Waals surface area (Å²) in [5, 5.41) is 20.6. The summed E-state index contributed by atoms with van der Waals surface area (Å²) in [4.78, 5) is 36.9. The fourth-order valence-electron chi connectivity index (χ4n) is 8.84. The summed E-state index contributed by atoms with van der Waals surface area (Å²) in [7, 11) is 3.17. The maximum absolute atomic E-state index is 13.5. The number of alkyl halides is 6. The highest BCUT2D eigenvalue weighted by Gasteiger charge is 2.51. The molecular formula is C51H58F8N4O8P2S2. The summed E-state index contributed by atoms with van der Waals surface area (Å²) >= 11 is 10.0. The van der Waals surface area contributed by atoms with E-state index < -0.39 is 55.3 Å². The summed E-state index contributed by atoms with van der Waals surface area (Å²) < 4.78 is 115. The normalized spacial score (nSPS) is 18.8. The van der Waals surface area contributed by atoms with Gasteiger partial charge in [0, 0.05) is 32.8 Å². The van der Waals surface area contributed by atoms with E-state index in [4.69, 9.17) is 30.5 Å². The average Bonchev–Trinajstić information content (AvgIpc) is 3.73.